The van der Waals surface area contributed by atoms with Crippen LogP contribution in [0.1, 0.15) is 46.0 Å². The molecule has 0 aliphatic carbocycles. The second kappa shape index (κ2) is 5.53. The molecule has 0 amide bonds. The molecule has 0 fully saturated rings. The summed E-state index contributed by atoms with van der Waals surface area (Å²) in [5, 5.41) is 8.08. The molecule has 0 spiro atoms. The third kappa shape index (κ3) is 3.55. The van der Waals surface area contributed by atoms with E-state index in [1.165, 1.54) is 5.69 Å². The molecule has 1 unspecified atom stereocenters. The summed E-state index contributed by atoms with van der Waals surface area (Å²) < 4.78 is 3.19. The molecule has 1 rings (SSSR count). The molecule has 1 aromatic heterocycles. The lowest BCUT2D eigenvalue weighted by atomic mass is 9.88. The van der Waals surface area contributed by atoms with Crippen molar-refractivity contribution < 1.29 is 0 Å². The zero-order chi connectivity index (χ0) is 13.2. The van der Waals surface area contributed by atoms with Gasteiger partial charge in [0.1, 0.15) is 0 Å². The van der Waals surface area contributed by atoms with Crippen molar-refractivity contribution in [2.45, 2.75) is 60.7 Å². The molecule has 1 atom stereocenters. The molecule has 1 heterocycles. The summed E-state index contributed by atoms with van der Waals surface area (Å²) in [5.41, 5.74) is 2.58. The Morgan fingerprint density at radius 2 is 2.00 bits per heavy atom. The van der Waals surface area contributed by atoms with Gasteiger partial charge in [-0.25, -0.2) is 0 Å². The molecule has 0 aromatic carbocycles. The predicted molar refractivity (Wildman–Crippen MR) is 76.1 cm³/mol. The molecule has 17 heavy (non-hydrogen) atoms. The Hall–Kier alpha value is -0.350. The minimum atomic E-state index is 0.276. The number of aromatic nitrogens is 2. The van der Waals surface area contributed by atoms with Crippen LogP contribution >= 0.6 is 15.9 Å². The van der Waals surface area contributed by atoms with Crippen molar-refractivity contribution in [3.63, 3.8) is 0 Å². The topological polar surface area (TPSA) is 29.9 Å². The summed E-state index contributed by atoms with van der Waals surface area (Å²) in [4.78, 5) is 0. The van der Waals surface area contributed by atoms with E-state index >= 15 is 0 Å². The Morgan fingerprint density at radius 3 is 2.47 bits per heavy atom. The minimum absolute atomic E-state index is 0.276. The zero-order valence-electron chi connectivity index (χ0n) is 11.8. The van der Waals surface area contributed by atoms with Gasteiger partial charge in [-0.2, -0.15) is 5.10 Å². The van der Waals surface area contributed by atoms with Gasteiger partial charge in [-0.3, -0.25) is 4.68 Å². The van der Waals surface area contributed by atoms with Gasteiger partial charge >= 0.3 is 0 Å². The van der Waals surface area contributed by atoms with E-state index in [4.69, 9.17) is 0 Å². The fourth-order valence-corrected chi connectivity index (χ4v) is 2.02. The van der Waals surface area contributed by atoms with Crippen molar-refractivity contribution in [2.24, 2.45) is 5.41 Å². The highest BCUT2D eigenvalue weighted by molar-refractivity contribution is 9.10. The highest BCUT2D eigenvalue weighted by Gasteiger charge is 2.20. The molecule has 0 aliphatic rings. The van der Waals surface area contributed by atoms with Crippen LogP contribution in [0.3, 0.4) is 0 Å². The third-order valence-electron chi connectivity index (χ3n) is 3.33. The first kappa shape index (κ1) is 14.7. The van der Waals surface area contributed by atoms with Crippen LogP contribution in [0.15, 0.2) is 4.47 Å². The highest BCUT2D eigenvalue weighted by atomic mass is 79.9. The molecule has 98 valence electrons. The molecule has 1 N–H and O–H groups in total. The molecule has 0 bridgehead atoms. The van der Waals surface area contributed by atoms with E-state index in [1.807, 2.05) is 6.92 Å². The molecule has 0 radical (unpaired) electrons. The van der Waals surface area contributed by atoms with E-state index in [2.05, 4.69) is 65.6 Å². The van der Waals surface area contributed by atoms with Gasteiger partial charge in [0, 0.05) is 19.1 Å². The van der Waals surface area contributed by atoms with Crippen molar-refractivity contribution in [3.8, 4) is 0 Å². The number of halogens is 1. The molecular formula is C13H24BrN3. The quantitative estimate of drug-likeness (QED) is 0.922. The average molecular weight is 302 g/mol. The van der Waals surface area contributed by atoms with Gasteiger partial charge in [0.15, 0.2) is 0 Å². The number of hydrogen-bond acceptors (Lipinski definition) is 2. The monoisotopic (exact) mass is 301 g/mol. The Kier molecular flexibility index (Phi) is 4.78. The van der Waals surface area contributed by atoms with E-state index in [-0.39, 0.29) is 5.41 Å². The zero-order valence-corrected chi connectivity index (χ0v) is 13.3. The Morgan fingerprint density at radius 1 is 1.41 bits per heavy atom. The lowest BCUT2D eigenvalue weighted by Crippen LogP contribution is -2.37. The first-order valence-electron chi connectivity index (χ1n) is 6.22. The van der Waals surface area contributed by atoms with Crippen molar-refractivity contribution in [1.29, 1.82) is 0 Å². The van der Waals surface area contributed by atoms with Gasteiger partial charge in [-0.05, 0) is 42.1 Å². The number of nitrogens with zero attached hydrogens (tertiary/aromatic N) is 2. The fourth-order valence-electron chi connectivity index (χ4n) is 1.59. The van der Waals surface area contributed by atoms with E-state index in [0.717, 1.165) is 23.3 Å². The maximum absolute atomic E-state index is 4.50. The van der Waals surface area contributed by atoms with Gasteiger partial charge in [0.05, 0.1) is 15.9 Å². The van der Waals surface area contributed by atoms with Crippen molar-refractivity contribution in [1.82, 2.24) is 15.1 Å². The van der Waals surface area contributed by atoms with E-state index in [0.29, 0.717) is 6.04 Å². The van der Waals surface area contributed by atoms with Gasteiger partial charge in [0.2, 0.25) is 0 Å². The lowest BCUT2D eigenvalue weighted by molar-refractivity contribution is 0.282. The second-order valence-corrected chi connectivity index (χ2v) is 6.42. The van der Waals surface area contributed by atoms with Crippen molar-refractivity contribution in [2.75, 3.05) is 0 Å². The largest absolute Gasteiger partial charge is 0.308 e. The lowest BCUT2D eigenvalue weighted by Gasteiger charge is -2.28. The van der Waals surface area contributed by atoms with E-state index < -0.39 is 0 Å². The summed E-state index contributed by atoms with van der Waals surface area (Å²) in [6.45, 7) is 14.9. The molecule has 0 saturated heterocycles. The van der Waals surface area contributed by atoms with Gasteiger partial charge in [-0.1, -0.05) is 20.8 Å². The second-order valence-electron chi connectivity index (χ2n) is 5.63. The van der Waals surface area contributed by atoms with Crippen LogP contribution in [0.2, 0.25) is 0 Å². The molecular weight excluding hydrogens is 278 g/mol. The SMILES string of the molecule is CCn1nc(C)c(Br)c1CNC(C)C(C)(C)C. The van der Waals surface area contributed by atoms with Gasteiger partial charge in [-0.15, -0.1) is 0 Å². The summed E-state index contributed by atoms with van der Waals surface area (Å²) in [6.07, 6.45) is 0. The average Bonchev–Trinajstić information content (AvgIpc) is 2.50. The molecule has 4 heteroatoms. The van der Waals surface area contributed by atoms with E-state index in [1.54, 1.807) is 0 Å². The summed E-state index contributed by atoms with van der Waals surface area (Å²) in [7, 11) is 0. The molecule has 3 nitrogen and oxygen atoms in total. The molecule has 1 aromatic rings. The normalized spacial score (nSPS) is 14.1. The summed E-state index contributed by atoms with van der Waals surface area (Å²) >= 11 is 3.62. The highest BCUT2D eigenvalue weighted by Crippen LogP contribution is 2.23. The fraction of sp³-hybridized carbons (Fsp3) is 0.769. The van der Waals surface area contributed by atoms with Gasteiger partial charge < -0.3 is 5.32 Å². The Balaban J connectivity index is 2.76. The summed E-state index contributed by atoms with van der Waals surface area (Å²) in [5.74, 6) is 0. The summed E-state index contributed by atoms with van der Waals surface area (Å²) in [6, 6.07) is 0.468. The third-order valence-corrected chi connectivity index (χ3v) is 4.36. The number of nitrogens with one attached hydrogen (secondary N) is 1. The molecule has 0 aliphatic heterocycles. The van der Waals surface area contributed by atoms with Crippen LogP contribution in [0.5, 0.6) is 0 Å². The minimum Gasteiger partial charge on any atom is -0.308 e. The maximum Gasteiger partial charge on any atom is 0.0739 e. The smallest absolute Gasteiger partial charge is 0.0739 e. The number of rotatable bonds is 4. The van der Waals surface area contributed by atoms with Crippen molar-refractivity contribution in [3.05, 3.63) is 15.9 Å². The maximum atomic E-state index is 4.50. The van der Waals surface area contributed by atoms with Crippen LogP contribution in [-0.4, -0.2) is 15.8 Å². The van der Waals surface area contributed by atoms with Crippen LogP contribution < -0.4 is 5.32 Å². The number of hydrogen-bond donors (Lipinski definition) is 1. The first-order chi connectivity index (χ1) is 7.77. The standard InChI is InChI=1S/C13H24BrN3/c1-7-17-11(12(14)9(2)16-17)8-15-10(3)13(4,5)6/h10,15H,7-8H2,1-6H3. The first-order valence-corrected chi connectivity index (χ1v) is 7.01. The Bertz CT molecular complexity index is 377. The van der Waals surface area contributed by atoms with Crippen LogP contribution in [0.25, 0.3) is 0 Å². The van der Waals surface area contributed by atoms with Crippen LogP contribution in [-0.2, 0) is 13.1 Å². The van der Waals surface area contributed by atoms with Crippen molar-refractivity contribution >= 4 is 15.9 Å². The predicted octanol–water partition coefficient (Wildman–Crippen LogP) is 3.50. The Labute approximate surface area is 113 Å². The number of aryl methyl sites for hydroxylation is 2. The van der Waals surface area contributed by atoms with Crippen LogP contribution in [0.4, 0.5) is 0 Å². The molecule has 0 saturated carbocycles. The van der Waals surface area contributed by atoms with E-state index in [9.17, 15) is 0 Å². The van der Waals surface area contributed by atoms with Crippen LogP contribution in [0, 0.1) is 12.3 Å². The van der Waals surface area contributed by atoms with Gasteiger partial charge in [0.25, 0.3) is 0 Å².